The standard InChI is InChI=1S/C13H26N2O2/c1-3-8-17-9-6-13(16)15-7-4-5-11(2)12(15)10-14/h11-12H,3-10,14H2,1-2H3. The largest absolute Gasteiger partial charge is 0.381 e. The molecule has 1 rings (SSSR count). The van der Waals surface area contributed by atoms with Crippen molar-refractivity contribution in [2.75, 3.05) is 26.3 Å². The summed E-state index contributed by atoms with van der Waals surface area (Å²) in [5.41, 5.74) is 5.77. The van der Waals surface area contributed by atoms with E-state index in [0.29, 0.717) is 25.5 Å². The van der Waals surface area contributed by atoms with Crippen LogP contribution in [0.5, 0.6) is 0 Å². The third-order valence-electron chi connectivity index (χ3n) is 3.49. The Bertz CT molecular complexity index is 233. The molecular formula is C13H26N2O2. The maximum Gasteiger partial charge on any atom is 0.225 e. The van der Waals surface area contributed by atoms with Crippen LogP contribution in [0.3, 0.4) is 0 Å². The van der Waals surface area contributed by atoms with Crippen LogP contribution in [0.25, 0.3) is 0 Å². The average molecular weight is 242 g/mol. The molecule has 1 aliphatic heterocycles. The van der Waals surface area contributed by atoms with Crippen molar-refractivity contribution in [2.24, 2.45) is 11.7 Å². The molecule has 1 fully saturated rings. The summed E-state index contributed by atoms with van der Waals surface area (Å²) in [6.07, 6.45) is 3.76. The Morgan fingerprint density at radius 2 is 2.24 bits per heavy atom. The van der Waals surface area contributed by atoms with Crippen molar-refractivity contribution in [1.29, 1.82) is 0 Å². The van der Waals surface area contributed by atoms with Crippen molar-refractivity contribution < 1.29 is 9.53 Å². The van der Waals surface area contributed by atoms with E-state index < -0.39 is 0 Å². The number of hydrogen-bond donors (Lipinski definition) is 1. The molecule has 0 spiro atoms. The Morgan fingerprint density at radius 3 is 2.88 bits per heavy atom. The topological polar surface area (TPSA) is 55.6 Å². The van der Waals surface area contributed by atoms with Crippen LogP contribution in [0, 0.1) is 5.92 Å². The number of carbonyl (C=O) groups is 1. The average Bonchev–Trinajstić information content (AvgIpc) is 2.34. The number of carbonyl (C=O) groups excluding carboxylic acids is 1. The minimum atomic E-state index is 0.197. The van der Waals surface area contributed by atoms with Gasteiger partial charge in [0.1, 0.15) is 0 Å². The predicted molar refractivity (Wildman–Crippen MR) is 68.7 cm³/mol. The van der Waals surface area contributed by atoms with Gasteiger partial charge in [-0.2, -0.15) is 0 Å². The number of ether oxygens (including phenoxy) is 1. The summed E-state index contributed by atoms with van der Waals surface area (Å²) >= 11 is 0. The molecular weight excluding hydrogens is 216 g/mol. The lowest BCUT2D eigenvalue weighted by Crippen LogP contribution is -2.51. The normalized spacial score (nSPS) is 25.0. The lowest BCUT2D eigenvalue weighted by Gasteiger charge is -2.39. The Balaban J connectivity index is 2.37. The van der Waals surface area contributed by atoms with Gasteiger partial charge in [-0.25, -0.2) is 0 Å². The first-order valence-corrected chi connectivity index (χ1v) is 6.78. The van der Waals surface area contributed by atoms with Gasteiger partial charge >= 0.3 is 0 Å². The number of hydrogen-bond acceptors (Lipinski definition) is 3. The Kier molecular flexibility index (Phi) is 6.52. The molecule has 0 bridgehead atoms. The highest BCUT2D eigenvalue weighted by molar-refractivity contribution is 5.76. The molecule has 0 aliphatic carbocycles. The molecule has 0 aromatic heterocycles. The lowest BCUT2D eigenvalue weighted by molar-refractivity contribution is -0.137. The van der Waals surface area contributed by atoms with E-state index in [9.17, 15) is 4.79 Å². The van der Waals surface area contributed by atoms with Gasteiger partial charge in [0.15, 0.2) is 0 Å². The Labute approximate surface area is 104 Å². The van der Waals surface area contributed by atoms with Crippen molar-refractivity contribution in [3.05, 3.63) is 0 Å². The predicted octanol–water partition coefficient (Wildman–Crippen LogP) is 1.39. The molecule has 2 atom stereocenters. The van der Waals surface area contributed by atoms with Crippen LogP contribution in [-0.4, -0.2) is 43.2 Å². The van der Waals surface area contributed by atoms with Crippen molar-refractivity contribution in [2.45, 2.75) is 45.6 Å². The maximum absolute atomic E-state index is 12.1. The first-order valence-electron chi connectivity index (χ1n) is 6.78. The highest BCUT2D eigenvalue weighted by Crippen LogP contribution is 2.23. The summed E-state index contributed by atoms with van der Waals surface area (Å²) < 4.78 is 5.36. The molecule has 2 unspecified atom stereocenters. The van der Waals surface area contributed by atoms with E-state index in [2.05, 4.69) is 13.8 Å². The highest BCUT2D eigenvalue weighted by Gasteiger charge is 2.30. The van der Waals surface area contributed by atoms with Gasteiger partial charge in [-0.1, -0.05) is 13.8 Å². The van der Waals surface area contributed by atoms with E-state index in [0.717, 1.165) is 26.0 Å². The zero-order valence-electron chi connectivity index (χ0n) is 11.2. The fourth-order valence-corrected chi connectivity index (χ4v) is 2.47. The molecule has 4 heteroatoms. The van der Waals surface area contributed by atoms with Crippen LogP contribution in [0.15, 0.2) is 0 Å². The van der Waals surface area contributed by atoms with Crippen LogP contribution in [-0.2, 0) is 9.53 Å². The first-order chi connectivity index (χ1) is 8.20. The third-order valence-corrected chi connectivity index (χ3v) is 3.49. The quantitative estimate of drug-likeness (QED) is 0.716. The molecule has 2 N–H and O–H groups in total. The molecule has 1 aliphatic rings. The van der Waals surface area contributed by atoms with Gasteiger partial charge in [-0.15, -0.1) is 0 Å². The van der Waals surface area contributed by atoms with Gasteiger partial charge < -0.3 is 15.4 Å². The zero-order chi connectivity index (χ0) is 12.7. The molecule has 0 saturated carbocycles. The maximum atomic E-state index is 12.1. The summed E-state index contributed by atoms with van der Waals surface area (Å²) in [6, 6.07) is 0.224. The fourth-order valence-electron chi connectivity index (χ4n) is 2.47. The first kappa shape index (κ1) is 14.5. The van der Waals surface area contributed by atoms with Crippen LogP contribution in [0.2, 0.25) is 0 Å². The van der Waals surface area contributed by atoms with Crippen molar-refractivity contribution in [3.63, 3.8) is 0 Å². The minimum Gasteiger partial charge on any atom is -0.381 e. The van der Waals surface area contributed by atoms with Gasteiger partial charge in [0, 0.05) is 25.7 Å². The Morgan fingerprint density at radius 1 is 1.47 bits per heavy atom. The molecule has 0 radical (unpaired) electrons. The zero-order valence-corrected chi connectivity index (χ0v) is 11.2. The van der Waals surface area contributed by atoms with Gasteiger partial charge in [0.05, 0.1) is 13.0 Å². The second-order valence-corrected chi connectivity index (χ2v) is 4.87. The number of rotatable bonds is 6. The monoisotopic (exact) mass is 242 g/mol. The summed E-state index contributed by atoms with van der Waals surface area (Å²) in [4.78, 5) is 14.0. The molecule has 4 nitrogen and oxygen atoms in total. The van der Waals surface area contributed by atoms with Gasteiger partial charge in [-0.3, -0.25) is 4.79 Å². The van der Waals surface area contributed by atoms with E-state index in [4.69, 9.17) is 10.5 Å². The number of piperidine rings is 1. The SMILES string of the molecule is CCCOCCC(=O)N1CCCC(C)C1CN. The molecule has 1 saturated heterocycles. The van der Waals surface area contributed by atoms with Crippen molar-refractivity contribution in [1.82, 2.24) is 4.90 Å². The number of nitrogens with two attached hydrogens (primary N) is 1. The minimum absolute atomic E-state index is 0.197. The number of amides is 1. The third kappa shape index (κ3) is 4.28. The second kappa shape index (κ2) is 7.67. The summed E-state index contributed by atoms with van der Waals surface area (Å²) in [5, 5.41) is 0. The summed E-state index contributed by atoms with van der Waals surface area (Å²) in [5.74, 6) is 0.720. The molecule has 17 heavy (non-hydrogen) atoms. The van der Waals surface area contributed by atoms with E-state index >= 15 is 0 Å². The molecule has 0 aromatic rings. The van der Waals surface area contributed by atoms with Gasteiger partial charge in [-0.05, 0) is 25.2 Å². The van der Waals surface area contributed by atoms with E-state index in [1.807, 2.05) is 4.90 Å². The van der Waals surface area contributed by atoms with Crippen molar-refractivity contribution in [3.8, 4) is 0 Å². The van der Waals surface area contributed by atoms with Crippen LogP contribution in [0.1, 0.15) is 39.5 Å². The summed E-state index contributed by atoms with van der Waals surface area (Å²) in [7, 11) is 0. The molecule has 1 heterocycles. The summed E-state index contributed by atoms with van der Waals surface area (Å²) in [6.45, 7) is 6.96. The van der Waals surface area contributed by atoms with Crippen LogP contribution >= 0.6 is 0 Å². The molecule has 1 amide bonds. The Hall–Kier alpha value is -0.610. The smallest absolute Gasteiger partial charge is 0.225 e. The van der Waals surface area contributed by atoms with E-state index in [1.54, 1.807) is 0 Å². The van der Waals surface area contributed by atoms with Gasteiger partial charge in [0.25, 0.3) is 0 Å². The van der Waals surface area contributed by atoms with E-state index in [-0.39, 0.29) is 11.9 Å². The number of nitrogens with zero attached hydrogens (tertiary/aromatic N) is 1. The lowest BCUT2D eigenvalue weighted by atomic mass is 9.90. The van der Waals surface area contributed by atoms with Crippen LogP contribution < -0.4 is 5.73 Å². The fraction of sp³-hybridized carbons (Fsp3) is 0.923. The van der Waals surface area contributed by atoms with E-state index in [1.165, 1.54) is 6.42 Å². The molecule has 0 aromatic carbocycles. The van der Waals surface area contributed by atoms with Crippen LogP contribution in [0.4, 0.5) is 0 Å². The second-order valence-electron chi connectivity index (χ2n) is 4.87. The van der Waals surface area contributed by atoms with Crippen molar-refractivity contribution >= 4 is 5.91 Å². The molecule has 100 valence electrons. The van der Waals surface area contributed by atoms with Gasteiger partial charge in [0.2, 0.25) is 5.91 Å². The number of likely N-dealkylation sites (tertiary alicyclic amines) is 1. The highest BCUT2D eigenvalue weighted by atomic mass is 16.5.